The number of rotatable bonds is 6. The van der Waals surface area contributed by atoms with Gasteiger partial charge in [-0.15, -0.1) is 0 Å². The molecule has 0 spiro atoms. The standard InChI is InChI=1S/C13H20N2O2/c1-3-4-10(9-14)13(16)15-11-5-7-12(17-2)8-6-11/h5-8,10H,3-4,9,14H2,1-2H3,(H,15,16). The van der Waals surface area contributed by atoms with Gasteiger partial charge in [-0.3, -0.25) is 4.79 Å². The van der Waals surface area contributed by atoms with Crippen molar-refractivity contribution in [2.75, 3.05) is 19.0 Å². The number of carbonyl (C=O) groups excluding carboxylic acids is 1. The van der Waals surface area contributed by atoms with Crippen LogP contribution in [0.3, 0.4) is 0 Å². The minimum Gasteiger partial charge on any atom is -0.497 e. The largest absolute Gasteiger partial charge is 0.497 e. The number of anilines is 1. The van der Waals surface area contributed by atoms with E-state index in [0.29, 0.717) is 6.54 Å². The molecule has 0 aliphatic carbocycles. The van der Waals surface area contributed by atoms with Crippen molar-refractivity contribution in [3.63, 3.8) is 0 Å². The van der Waals surface area contributed by atoms with Gasteiger partial charge >= 0.3 is 0 Å². The van der Waals surface area contributed by atoms with E-state index in [1.54, 1.807) is 7.11 Å². The summed E-state index contributed by atoms with van der Waals surface area (Å²) in [6.07, 6.45) is 1.77. The molecule has 0 heterocycles. The van der Waals surface area contributed by atoms with E-state index in [2.05, 4.69) is 5.32 Å². The Morgan fingerprint density at radius 1 is 1.41 bits per heavy atom. The minimum atomic E-state index is -0.109. The van der Waals surface area contributed by atoms with Crippen molar-refractivity contribution in [1.82, 2.24) is 0 Å². The summed E-state index contributed by atoms with van der Waals surface area (Å²) in [5, 5.41) is 2.85. The first-order valence-electron chi connectivity index (χ1n) is 5.86. The van der Waals surface area contributed by atoms with Crippen LogP contribution in [-0.2, 0) is 4.79 Å². The fourth-order valence-corrected chi connectivity index (χ4v) is 1.62. The molecule has 1 rings (SSSR count). The average molecular weight is 236 g/mol. The van der Waals surface area contributed by atoms with Gasteiger partial charge in [-0.05, 0) is 30.7 Å². The lowest BCUT2D eigenvalue weighted by Crippen LogP contribution is -2.29. The first-order chi connectivity index (χ1) is 8.21. The van der Waals surface area contributed by atoms with Crippen LogP contribution in [-0.4, -0.2) is 19.6 Å². The molecule has 1 aromatic rings. The first-order valence-corrected chi connectivity index (χ1v) is 5.86. The molecule has 0 saturated carbocycles. The van der Waals surface area contributed by atoms with Crippen LogP contribution in [0.1, 0.15) is 19.8 Å². The molecule has 17 heavy (non-hydrogen) atoms. The van der Waals surface area contributed by atoms with Gasteiger partial charge in [0.15, 0.2) is 0 Å². The highest BCUT2D eigenvalue weighted by molar-refractivity contribution is 5.92. The van der Waals surface area contributed by atoms with E-state index < -0.39 is 0 Å². The van der Waals surface area contributed by atoms with E-state index in [4.69, 9.17) is 10.5 Å². The number of methoxy groups -OCH3 is 1. The summed E-state index contributed by atoms with van der Waals surface area (Å²) in [5.74, 6) is 0.647. The number of hydrogen-bond acceptors (Lipinski definition) is 3. The fraction of sp³-hybridized carbons (Fsp3) is 0.462. The number of carbonyl (C=O) groups is 1. The Hall–Kier alpha value is -1.55. The predicted octanol–water partition coefficient (Wildman–Crippen LogP) is 2.01. The van der Waals surface area contributed by atoms with E-state index in [-0.39, 0.29) is 11.8 Å². The van der Waals surface area contributed by atoms with Crippen molar-refractivity contribution in [2.45, 2.75) is 19.8 Å². The molecule has 0 aliphatic rings. The highest BCUT2D eigenvalue weighted by atomic mass is 16.5. The first kappa shape index (κ1) is 13.5. The van der Waals surface area contributed by atoms with E-state index in [9.17, 15) is 4.79 Å². The normalized spacial score (nSPS) is 11.9. The number of nitrogens with one attached hydrogen (secondary N) is 1. The Labute approximate surface area is 102 Å². The van der Waals surface area contributed by atoms with E-state index >= 15 is 0 Å². The van der Waals surface area contributed by atoms with Gasteiger partial charge < -0.3 is 15.8 Å². The number of nitrogens with two attached hydrogens (primary N) is 1. The third-order valence-corrected chi connectivity index (χ3v) is 2.65. The van der Waals surface area contributed by atoms with Crippen LogP contribution < -0.4 is 15.8 Å². The molecule has 94 valence electrons. The summed E-state index contributed by atoms with van der Waals surface area (Å²) in [4.78, 5) is 11.9. The Kier molecular flexibility index (Phi) is 5.49. The zero-order valence-corrected chi connectivity index (χ0v) is 10.4. The summed E-state index contributed by atoms with van der Waals surface area (Å²) in [7, 11) is 1.61. The Morgan fingerprint density at radius 3 is 2.53 bits per heavy atom. The molecule has 4 heteroatoms. The zero-order chi connectivity index (χ0) is 12.7. The molecule has 0 aromatic heterocycles. The quantitative estimate of drug-likeness (QED) is 0.794. The molecular weight excluding hydrogens is 216 g/mol. The van der Waals surface area contributed by atoms with Crippen molar-refractivity contribution in [1.29, 1.82) is 0 Å². The highest BCUT2D eigenvalue weighted by Crippen LogP contribution is 2.16. The van der Waals surface area contributed by atoms with Gasteiger partial charge in [-0.25, -0.2) is 0 Å². The molecule has 3 N–H and O–H groups in total. The predicted molar refractivity (Wildman–Crippen MR) is 69.1 cm³/mol. The summed E-state index contributed by atoms with van der Waals surface area (Å²) in [6.45, 7) is 2.43. The van der Waals surface area contributed by atoms with Crippen LogP contribution in [0.4, 0.5) is 5.69 Å². The van der Waals surface area contributed by atoms with Crippen LogP contribution in [0.2, 0.25) is 0 Å². The van der Waals surface area contributed by atoms with Gasteiger partial charge in [0.1, 0.15) is 5.75 Å². The maximum Gasteiger partial charge on any atom is 0.228 e. The van der Waals surface area contributed by atoms with Crippen LogP contribution in [0.15, 0.2) is 24.3 Å². The molecule has 1 amide bonds. The molecule has 0 fully saturated rings. The Balaban J connectivity index is 2.59. The average Bonchev–Trinajstić information content (AvgIpc) is 2.36. The van der Waals surface area contributed by atoms with Crippen molar-refractivity contribution < 1.29 is 9.53 Å². The van der Waals surface area contributed by atoms with Gasteiger partial charge in [0.25, 0.3) is 0 Å². The molecule has 0 aliphatic heterocycles. The Morgan fingerprint density at radius 2 is 2.06 bits per heavy atom. The molecule has 1 aromatic carbocycles. The molecule has 1 atom stereocenters. The molecule has 4 nitrogen and oxygen atoms in total. The van der Waals surface area contributed by atoms with E-state index in [1.807, 2.05) is 31.2 Å². The fourth-order valence-electron chi connectivity index (χ4n) is 1.62. The van der Waals surface area contributed by atoms with Crippen LogP contribution in [0.5, 0.6) is 5.75 Å². The van der Waals surface area contributed by atoms with Crippen LogP contribution in [0, 0.1) is 5.92 Å². The zero-order valence-electron chi connectivity index (χ0n) is 10.4. The highest BCUT2D eigenvalue weighted by Gasteiger charge is 2.15. The van der Waals surface area contributed by atoms with Crippen molar-refractivity contribution in [2.24, 2.45) is 11.7 Å². The smallest absolute Gasteiger partial charge is 0.228 e. The molecule has 0 radical (unpaired) electrons. The van der Waals surface area contributed by atoms with E-state index in [1.165, 1.54) is 0 Å². The summed E-state index contributed by atoms with van der Waals surface area (Å²) < 4.78 is 5.05. The summed E-state index contributed by atoms with van der Waals surface area (Å²) in [6, 6.07) is 7.26. The number of ether oxygens (including phenoxy) is 1. The maximum absolute atomic E-state index is 11.9. The molecule has 1 unspecified atom stereocenters. The van der Waals surface area contributed by atoms with Crippen LogP contribution in [0.25, 0.3) is 0 Å². The minimum absolute atomic E-state index is 0.0143. The molecular formula is C13H20N2O2. The lowest BCUT2D eigenvalue weighted by atomic mass is 10.0. The van der Waals surface area contributed by atoms with Gasteiger partial charge in [0, 0.05) is 12.2 Å². The lowest BCUT2D eigenvalue weighted by Gasteiger charge is -2.14. The maximum atomic E-state index is 11.9. The van der Waals surface area contributed by atoms with E-state index in [0.717, 1.165) is 24.3 Å². The lowest BCUT2D eigenvalue weighted by molar-refractivity contribution is -0.119. The molecule has 0 bridgehead atoms. The second-order valence-electron chi connectivity index (χ2n) is 3.94. The van der Waals surface area contributed by atoms with Gasteiger partial charge in [0.2, 0.25) is 5.91 Å². The second kappa shape index (κ2) is 6.91. The SMILES string of the molecule is CCCC(CN)C(=O)Nc1ccc(OC)cc1. The summed E-state index contributed by atoms with van der Waals surface area (Å²) >= 11 is 0. The monoisotopic (exact) mass is 236 g/mol. The van der Waals surface area contributed by atoms with Crippen molar-refractivity contribution >= 4 is 11.6 Å². The topological polar surface area (TPSA) is 64.4 Å². The molecule has 0 saturated heterocycles. The van der Waals surface area contributed by atoms with Gasteiger partial charge in [-0.1, -0.05) is 13.3 Å². The van der Waals surface area contributed by atoms with Crippen LogP contribution >= 0.6 is 0 Å². The number of hydrogen-bond donors (Lipinski definition) is 2. The second-order valence-corrected chi connectivity index (χ2v) is 3.94. The number of benzene rings is 1. The number of amides is 1. The van der Waals surface area contributed by atoms with Gasteiger partial charge in [-0.2, -0.15) is 0 Å². The van der Waals surface area contributed by atoms with Crippen molar-refractivity contribution in [3.05, 3.63) is 24.3 Å². The Bertz CT molecular complexity index is 349. The third kappa shape index (κ3) is 4.07. The van der Waals surface area contributed by atoms with Gasteiger partial charge in [0.05, 0.1) is 13.0 Å². The summed E-state index contributed by atoms with van der Waals surface area (Å²) in [5.41, 5.74) is 6.35. The third-order valence-electron chi connectivity index (χ3n) is 2.65. The van der Waals surface area contributed by atoms with Crippen molar-refractivity contribution in [3.8, 4) is 5.75 Å².